The van der Waals surface area contributed by atoms with Crippen molar-refractivity contribution in [1.29, 1.82) is 0 Å². The molecule has 0 fully saturated rings. The van der Waals surface area contributed by atoms with E-state index >= 15 is 0 Å². The maximum absolute atomic E-state index is 6.95. The second-order valence-corrected chi connectivity index (χ2v) is 1.44. The third-order valence-electron chi connectivity index (χ3n) is 0.635. The largest absolute Gasteiger partial charge is 0.433 e. The molecule has 0 spiro atoms. The van der Waals surface area contributed by atoms with Gasteiger partial charge >= 0.3 is 0 Å². The van der Waals surface area contributed by atoms with Gasteiger partial charge in [0, 0.05) is 5.96 Å². The van der Waals surface area contributed by atoms with Crippen LogP contribution in [0.1, 0.15) is 0 Å². The van der Waals surface area contributed by atoms with Gasteiger partial charge in [-0.1, -0.05) is 0 Å². The average molecular weight is 100 g/mol. The Morgan fingerprint density at radius 2 is 2.00 bits per heavy atom. The van der Waals surface area contributed by atoms with Crippen molar-refractivity contribution in [3.05, 3.63) is 5.73 Å². The lowest BCUT2D eigenvalue weighted by Crippen LogP contribution is -2.16. The molecule has 0 aromatic carbocycles. The number of hydrogen-bond acceptors (Lipinski definition) is 1. The molecule has 0 atom stereocenters. The lowest BCUT2D eigenvalue weighted by atomic mass is 10.8. The summed E-state index contributed by atoms with van der Waals surface area (Å²) in [5.74, 6) is 0.306. The Kier molecular flexibility index (Phi) is 2.19. The minimum absolute atomic E-state index is 0.306. The summed E-state index contributed by atoms with van der Waals surface area (Å²) in [5, 5.41) is 0. The van der Waals surface area contributed by atoms with Gasteiger partial charge in [0.15, 0.2) is 0 Å². The Balaban J connectivity index is 3.56. The van der Waals surface area contributed by atoms with E-state index in [4.69, 9.17) is 5.73 Å². The lowest BCUT2D eigenvalue weighted by molar-refractivity contribution is 0.625. The molecule has 1 N–H and O–H groups in total. The number of hydrogen-bond donors (Lipinski definition) is 0. The normalized spacial score (nSPS) is 11.6. The smallest absolute Gasteiger partial charge is 0.00511 e. The van der Waals surface area contributed by atoms with Crippen molar-refractivity contribution in [2.24, 2.45) is 4.99 Å². The van der Waals surface area contributed by atoms with Crippen LogP contribution in [0.25, 0.3) is 5.73 Å². The molecule has 7 heavy (non-hydrogen) atoms. The van der Waals surface area contributed by atoms with Gasteiger partial charge in [-0.05, 0) is 21.1 Å². The number of rotatable bonds is 0. The summed E-state index contributed by atoms with van der Waals surface area (Å²) in [6.45, 7) is 0. The highest BCUT2D eigenvalue weighted by molar-refractivity contribution is 5.86. The molecule has 0 aromatic rings. The molecular formula is C4H10N3-. The summed E-state index contributed by atoms with van der Waals surface area (Å²) in [4.78, 5) is 5.24. The molecule has 0 amide bonds. The van der Waals surface area contributed by atoms with E-state index in [9.17, 15) is 0 Å². The molecule has 42 valence electrons. The molecule has 0 unspecified atom stereocenters. The highest BCUT2D eigenvalue weighted by Crippen LogP contribution is 1.78. The van der Waals surface area contributed by atoms with E-state index < -0.39 is 0 Å². The number of guanidine groups is 1. The van der Waals surface area contributed by atoms with Gasteiger partial charge in [-0.15, -0.1) is 0 Å². The molecule has 0 rings (SSSR count). The topological polar surface area (TPSA) is 39.4 Å². The molecule has 0 bridgehead atoms. The van der Waals surface area contributed by atoms with Gasteiger partial charge in [0.1, 0.15) is 0 Å². The van der Waals surface area contributed by atoms with Crippen LogP contribution in [0.15, 0.2) is 4.99 Å². The van der Waals surface area contributed by atoms with Crippen LogP contribution in [0, 0.1) is 0 Å². The lowest BCUT2D eigenvalue weighted by Gasteiger charge is -2.18. The standard InChI is InChI=1S/C4H10N3/c1-6-4(5)7(2)3/h1-3H3,(H-,5,6)/q-1. The maximum atomic E-state index is 6.95. The Morgan fingerprint density at radius 3 is 2.00 bits per heavy atom. The fraction of sp³-hybridized carbons (Fsp3) is 0.750. The second-order valence-electron chi connectivity index (χ2n) is 1.44. The van der Waals surface area contributed by atoms with Crippen molar-refractivity contribution in [3.8, 4) is 0 Å². The third-order valence-corrected chi connectivity index (χ3v) is 0.635. The molecule has 0 radical (unpaired) electrons. The molecule has 0 aliphatic carbocycles. The highest BCUT2D eigenvalue weighted by Gasteiger charge is 1.74. The molecule has 0 aliphatic heterocycles. The van der Waals surface area contributed by atoms with Gasteiger partial charge in [0.05, 0.1) is 0 Å². The van der Waals surface area contributed by atoms with Crippen molar-refractivity contribution < 1.29 is 0 Å². The first-order valence-corrected chi connectivity index (χ1v) is 2.04. The number of nitrogens with one attached hydrogen (secondary N) is 1. The summed E-state index contributed by atoms with van der Waals surface area (Å²) in [5.41, 5.74) is 6.95. The molecule has 0 aromatic heterocycles. The van der Waals surface area contributed by atoms with E-state index in [1.54, 1.807) is 26.0 Å². The van der Waals surface area contributed by atoms with E-state index in [0.717, 1.165) is 0 Å². The van der Waals surface area contributed by atoms with Crippen LogP contribution in [0.5, 0.6) is 0 Å². The first-order valence-electron chi connectivity index (χ1n) is 2.04. The van der Waals surface area contributed by atoms with Gasteiger partial charge in [0.25, 0.3) is 0 Å². The SMILES string of the molecule is CN=C([NH-])N(C)C. The van der Waals surface area contributed by atoms with Gasteiger partial charge in [-0.25, -0.2) is 0 Å². The average Bonchev–Trinajstić information content (AvgIpc) is 1.65. The fourth-order valence-electron chi connectivity index (χ4n) is 0.200. The molecule has 0 heterocycles. The Bertz CT molecular complexity index is 75.0. The van der Waals surface area contributed by atoms with Gasteiger partial charge < -0.3 is 15.6 Å². The summed E-state index contributed by atoms with van der Waals surface area (Å²) < 4.78 is 0. The first-order chi connectivity index (χ1) is 3.18. The predicted molar refractivity (Wildman–Crippen MR) is 31.4 cm³/mol. The predicted octanol–water partition coefficient (Wildman–Crippen LogP) is 0.586. The monoisotopic (exact) mass is 100 g/mol. The van der Waals surface area contributed by atoms with Crippen LogP contribution in [0.2, 0.25) is 0 Å². The van der Waals surface area contributed by atoms with Crippen LogP contribution < -0.4 is 0 Å². The van der Waals surface area contributed by atoms with Gasteiger partial charge in [-0.2, -0.15) is 0 Å². The first kappa shape index (κ1) is 6.27. The highest BCUT2D eigenvalue weighted by atomic mass is 15.2. The molecular weight excluding hydrogens is 90.1 g/mol. The van der Waals surface area contributed by atoms with Crippen LogP contribution in [0.4, 0.5) is 0 Å². The molecule has 0 saturated heterocycles. The minimum atomic E-state index is 0.306. The van der Waals surface area contributed by atoms with Crippen LogP contribution in [0.3, 0.4) is 0 Å². The van der Waals surface area contributed by atoms with Crippen molar-refractivity contribution in [2.45, 2.75) is 0 Å². The second kappa shape index (κ2) is 2.44. The number of nitrogens with zero attached hydrogens (tertiary/aromatic N) is 2. The van der Waals surface area contributed by atoms with Gasteiger partial charge in [0.2, 0.25) is 0 Å². The quantitative estimate of drug-likeness (QED) is 0.324. The van der Waals surface area contributed by atoms with Crippen LogP contribution in [-0.2, 0) is 0 Å². The van der Waals surface area contributed by atoms with E-state index in [1.807, 2.05) is 0 Å². The Hall–Kier alpha value is -0.730. The summed E-state index contributed by atoms with van der Waals surface area (Å²) in [6.07, 6.45) is 0. The summed E-state index contributed by atoms with van der Waals surface area (Å²) >= 11 is 0. The zero-order valence-electron chi connectivity index (χ0n) is 4.89. The van der Waals surface area contributed by atoms with Crippen molar-refractivity contribution >= 4 is 5.96 Å². The summed E-state index contributed by atoms with van der Waals surface area (Å²) in [7, 11) is 5.17. The Labute approximate surface area is 43.8 Å². The van der Waals surface area contributed by atoms with Crippen molar-refractivity contribution in [2.75, 3.05) is 21.1 Å². The molecule has 0 saturated carbocycles. The number of aliphatic imine (C=N–C) groups is 1. The Morgan fingerprint density at radius 1 is 1.57 bits per heavy atom. The van der Waals surface area contributed by atoms with E-state index in [0.29, 0.717) is 5.96 Å². The van der Waals surface area contributed by atoms with E-state index in [-0.39, 0.29) is 0 Å². The van der Waals surface area contributed by atoms with E-state index in [1.165, 1.54) is 0 Å². The van der Waals surface area contributed by atoms with Crippen LogP contribution >= 0.6 is 0 Å². The molecule has 3 heteroatoms. The zero-order chi connectivity index (χ0) is 5.86. The minimum Gasteiger partial charge on any atom is -0.433 e. The third kappa shape index (κ3) is 2.03. The van der Waals surface area contributed by atoms with Crippen LogP contribution in [-0.4, -0.2) is 32.0 Å². The zero-order valence-corrected chi connectivity index (χ0v) is 4.89. The van der Waals surface area contributed by atoms with E-state index in [2.05, 4.69) is 4.99 Å². The van der Waals surface area contributed by atoms with Gasteiger partial charge in [-0.3, -0.25) is 0 Å². The van der Waals surface area contributed by atoms with Crippen molar-refractivity contribution in [1.82, 2.24) is 4.90 Å². The van der Waals surface area contributed by atoms with Crippen molar-refractivity contribution in [3.63, 3.8) is 0 Å². The summed E-state index contributed by atoms with van der Waals surface area (Å²) in [6, 6.07) is 0. The molecule has 0 aliphatic rings. The maximum Gasteiger partial charge on any atom is 0.00511 e. The molecule has 3 nitrogen and oxygen atoms in total. The fourth-order valence-corrected chi connectivity index (χ4v) is 0.200.